The minimum absolute atomic E-state index is 0.696. The topological polar surface area (TPSA) is 26.0 Å². The molecule has 0 aliphatic rings. The second-order valence-electron chi connectivity index (χ2n) is 1.85. The zero-order valence-corrected chi connectivity index (χ0v) is 5.97. The van der Waals surface area contributed by atoms with E-state index < -0.39 is 0 Å². The van der Waals surface area contributed by atoms with Crippen LogP contribution in [-0.4, -0.2) is 4.98 Å². The van der Waals surface area contributed by atoms with Gasteiger partial charge in [-0.1, -0.05) is 0 Å². The summed E-state index contributed by atoms with van der Waals surface area (Å²) in [5.41, 5.74) is 1.05. The molecule has 0 aliphatic carbocycles. The molecule has 0 amide bonds. The molecule has 0 aromatic carbocycles. The van der Waals surface area contributed by atoms with Gasteiger partial charge in [-0.2, -0.15) is 11.3 Å². The van der Waals surface area contributed by atoms with Crippen LogP contribution in [0.1, 0.15) is 0 Å². The van der Waals surface area contributed by atoms with Gasteiger partial charge < -0.3 is 4.42 Å². The molecule has 0 saturated carbocycles. The molecule has 0 N–H and O–H groups in total. The molecule has 2 heterocycles. The Balaban J connectivity index is 2.48. The number of rotatable bonds is 1. The van der Waals surface area contributed by atoms with Gasteiger partial charge in [-0.3, -0.25) is 0 Å². The third-order valence-electron chi connectivity index (χ3n) is 1.20. The Morgan fingerprint density at radius 3 is 3.10 bits per heavy atom. The van der Waals surface area contributed by atoms with Crippen molar-refractivity contribution < 1.29 is 4.42 Å². The van der Waals surface area contributed by atoms with E-state index in [2.05, 4.69) is 4.98 Å². The van der Waals surface area contributed by atoms with Crippen molar-refractivity contribution in [1.29, 1.82) is 0 Å². The summed E-state index contributed by atoms with van der Waals surface area (Å²) >= 11 is 1.64. The van der Waals surface area contributed by atoms with E-state index in [1.165, 1.54) is 0 Å². The Morgan fingerprint density at radius 2 is 2.50 bits per heavy atom. The maximum Gasteiger partial charge on any atom is 0.226 e. The highest BCUT2D eigenvalue weighted by molar-refractivity contribution is 7.08. The standard InChI is InChI=1S/C7H5NOS/c1-4-10-5-6(1)7-8-2-3-9-7/h1-5H. The molecule has 0 fully saturated rings. The van der Waals surface area contributed by atoms with Crippen molar-refractivity contribution in [2.45, 2.75) is 0 Å². The fourth-order valence-corrected chi connectivity index (χ4v) is 1.38. The molecule has 2 nitrogen and oxygen atoms in total. The molecule has 0 unspecified atom stereocenters. The molecule has 2 rings (SSSR count). The van der Waals surface area contributed by atoms with Crippen LogP contribution in [0.4, 0.5) is 0 Å². The first-order valence-electron chi connectivity index (χ1n) is 2.89. The maximum absolute atomic E-state index is 5.07. The molecule has 0 bridgehead atoms. The summed E-state index contributed by atoms with van der Waals surface area (Å²) < 4.78 is 5.07. The molecule has 0 atom stereocenters. The molecule has 3 heteroatoms. The Kier molecular flexibility index (Phi) is 1.29. The van der Waals surface area contributed by atoms with E-state index in [9.17, 15) is 0 Å². The number of hydrogen-bond acceptors (Lipinski definition) is 3. The molecule has 0 saturated heterocycles. The predicted octanol–water partition coefficient (Wildman–Crippen LogP) is 2.40. The zero-order chi connectivity index (χ0) is 6.81. The second-order valence-corrected chi connectivity index (χ2v) is 2.63. The number of aromatic nitrogens is 1. The van der Waals surface area contributed by atoms with E-state index in [1.54, 1.807) is 23.8 Å². The third kappa shape index (κ3) is 0.844. The van der Waals surface area contributed by atoms with Gasteiger partial charge in [0.25, 0.3) is 0 Å². The molecule has 0 spiro atoms. The molecular weight excluding hydrogens is 146 g/mol. The summed E-state index contributed by atoms with van der Waals surface area (Å²) in [6.07, 6.45) is 3.22. The molecule has 10 heavy (non-hydrogen) atoms. The van der Waals surface area contributed by atoms with Gasteiger partial charge in [-0.05, 0) is 11.4 Å². The highest BCUT2D eigenvalue weighted by Crippen LogP contribution is 2.18. The smallest absolute Gasteiger partial charge is 0.226 e. The van der Waals surface area contributed by atoms with Gasteiger partial charge in [0.1, 0.15) is 6.26 Å². The lowest BCUT2D eigenvalue weighted by molar-refractivity contribution is 0.575. The SMILES string of the molecule is c1coc(-c2ccsc2)n1. The molecular formula is C7H5NOS. The molecule has 0 radical (unpaired) electrons. The van der Waals surface area contributed by atoms with E-state index in [-0.39, 0.29) is 0 Å². The first kappa shape index (κ1) is 5.68. The van der Waals surface area contributed by atoms with Crippen LogP contribution in [0.2, 0.25) is 0 Å². The first-order valence-corrected chi connectivity index (χ1v) is 3.83. The van der Waals surface area contributed by atoms with Crippen molar-refractivity contribution in [2.24, 2.45) is 0 Å². The van der Waals surface area contributed by atoms with Crippen LogP contribution in [0, 0.1) is 0 Å². The largest absolute Gasteiger partial charge is 0.445 e. The van der Waals surface area contributed by atoms with Crippen LogP contribution in [-0.2, 0) is 0 Å². The van der Waals surface area contributed by atoms with Gasteiger partial charge in [0.2, 0.25) is 5.89 Å². The lowest BCUT2D eigenvalue weighted by Gasteiger charge is -1.83. The summed E-state index contributed by atoms with van der Waals surface area (Å²) in [4.78, 5) is 4.00. The van der Waals surface area contributed by atoms with Crippen molar-refractivity contribution in [3.63, 3.8) is 0 Å². The van der Waals surface area contributed by atoms with Crippen molar-refractivity contribution in [2.75, 3.05) is 0 Å². The number of oxazole rings is 1. The summed E-state index contributed by atoms with van der Waals surface area (Å²) in [7, 11) is 0. The number of hydrogen-bond donors (Lipinski definition) is 0. The summed E-state index contributed by atoms with van der Waals surface area (Å²) in [6, 6.07) is 1.98. The molecule has 50 valence electrons. The Morgan fingerprint density at radius 1 is 1.50 bits per heavy atom. The zero-order valence-electron chi connectivity index (χ0n) is 5.15. The number of nitrogens with zero attached hydrogens (tertiary/aromatic N) is 1. The van der Waals surface area contributed by atoms with Crippen LogP contribution in [0.5, 0.6) is 0 Å². The minimum atomic E-state index is 0.696. The Bertz CT molecular complexity index is 253. The van der Waals surface area contributed by atoms with Crippen LogP contribution >= 0.6 is 11.3 Å². The quantitative estimate of drug-likeness (QED) is 0.625. The minimum Gasteiger partial charge on any atom is -0.445 e. The van der Waals surface area contributed by atoms with Crippen LogP contribution < -0.4 is 0 Å². The van der Waals surface area contributed by atoms with Crippen LogP contribution in [0.25, 0.3) is 11.5 Å². The van der Waals surface area contributed by atoms with Crippen molar-refractivity contribution in [1.82, 2.24) is 4.98 Å². The lowest BCUT2D eigenvalue weighted by Crippen LogP contribution is -1.67. The van der Waals surface area contributed by atoms with Gasteiger partial charge in [0.15, 0.2) is 0 Å². The number of thiophene rings is 1. The summed E-state index contributed by atoms with van der Waals surface area (Å²) in [6.45, 7) is 0. The molecule has 0 aliphatic heterocycles. The van der Waals surface area contributed by atoms with Gasteiger partial charge in [0, 0.05) is 10.9 Å². The summed E-state index contributed by atoms with van der Waals surface area (Å²) in [5, 5.41) is 4.01. The van der Waals surface area contributed by atoms with Gasteiger partial charge in [0.05, 0.1) is 6.20 Å². The van der Waals surface area contributed by atoms with Gasteiger partial charge >= 0.3 is 0 Å². The third-order valence-corrected chi connectivity index (χ3v) is 1.88. The van der Waals surface area contributed by atoms with Gasteiger partial charge in [-0.25, -0.2) is 4.98 Å². The molecule has 2 aromatic heterocycles. The van der Waals surface area contributed by atoms with E-state index in [0.717, 1.165) is 5.56 Å². The Hall–Kier alpha value is -1.09. The van der Waals surface area contributed by atoms with E-state index >= 15 is 0 Å². The fraction of sp³-hybridized carbons (Fsp3) is 0. The van der Waals surface area contributed by atoms with Crippen LogP contribution in [0.15, 0.2) is 33.7 Å². The fourth-order valence-electron chi connectivity index (χ4n) is 0.752. The van der Waals surface area contributed by atoms with E-state index in [0.29, 0.717) is 5.89 Å². The van der Waals surface area contributed by atoms with Crippen molar-refractivity contribution >= 4 is 11.3 Å². The normalized spacial score (nSPS) is 10.0. The average molecular weight is 151 g/mol. The van der Waals surface area contributed by atoms with Crippen molar-refractivity contribution in [3.05, 3.63) is 29.3 Å². The van der Waals surface area contributed by atoms with Crippen LogP contribution in [0.3, 0.4) is 0 Å². The monoisotopic (exact) mass is 151 g/mol. The van der Waals surface area contributed by atoms with E-state index in [4.69, 9.17) is 4.42 Å². The van der Waals surface area contributed by atoms with Gasteiger partial charge in [-0.15, -0.1) is 0 Å². The summed E-state index contributed by atoms with van der Waals surface area (Å²) in [5.74, 6) is 0.696. The highest BCUT2D eigenvalue weighted by atomic mass is 32.1. The lowest BCUT2D eigenvalue weighted by atomic mass is 10.3. The van der Waals surface area contributed by atoms with Crippen molar-refractivity contribution in [3.8, 4) is 11.5 Å². The molecule has 2 aromatic rings. The highest BCUT2D eigenvalue weighted by Gasteiger charge is 1.99. The maximum atomic E-state index is 5.07. The first-order chi connectivity index (χ1) is 4.97. The average Bonchev–Trinajstić information content (AvgIpc) is 2.59. The van der Waals surface area contributed by atoms with E-state index in [1.807, 2.05) is 16.8 Å². The predicted molar refractivity (Wildman–Crippen MR) is 39.8 cm³/mol. The second kappa shape index (κ2) is 2.27. The Labute approximate surface area is 62.1 Å².